The Morgan fingerprint density at radius 3 is 2.44 bits per heavy atom. The number of para-hydroxylation sites is 1. The first-order chi connectivity index (χ1) is 15.4. The molecule has 174 valence electrons. The van der Waals surface area contributed by atoms with E-state index >= 15 is 0 Å². The molecule has 0 saturated heterocycles. The lowest BCUT2D eigenvalue weighted by Gasteiger charge is -2.31. The second-order valence-corrected chi connectivity index (χ2v) is 9.41. The van der Waals surface area contributed by atoms with Gasteiger partial charge in [-0.3, -0.25) is 0 Å². The van der Waals surface area contributed by atoms with Crippen molar-refractivity contribution in [2.24, 2.45) is 5.92 Å². The minimum Gasteiger partial charge on any atom is -0.505 e. The molecule has 3 atom stereocenters. The third-order valence-corrected chi connectivity index (χ3v) is 6.84. The Hall–Kier alpha value is -2.25. The fourth-order valence-electron chi connectivity index (χ4n) is 3.89. The van der Waals surface area contributed by atoms with E-state index in [0.717, 1.165) is 24.7 Å². The Labute approximate surface area is 188 Å². The third kappa shape index (κ3) is 7.41. The first-order valence-corrected chi connectivity index (χ1v) is 12.1. The van der Waals surface area contributed by atoms with Gasteiger partial charge in [0.25, 0.3) is 0 Å². The predicted molar refractivity (Wildman–Crippen MR) is 119 cm³/mol. The van der Waals surface area contributed by atoms with Crippen molar-refractivity contribution >= 4 is 8.03 Å². The molecular formula is C23H30FNO6P+. The maximum atomic E-state index is 13.4. The number of nitrogens with one attached hydrogen (secondary N) is 1. The maximum absolute atomic E-state index is 13.4. The van der Waals surface area contributed by atoms with Crippen LogP contribution in [0.5, 0.6) is 17.2 Å². The van der Waals surface area contributed by atoms with Crippen LogP contribution in [0.25, 0.3) is 0 Å². The van der Waals surface area contributed by atoms with Crippen LogP contribution in [-0.4, -0.2) is 52.7 Å². The van der Waals surface area contributed by atoms with E-state index in [1.807, 2.05) is 30.3 Å². The fourth-order valence-corrected chi connectivity index (χ4v) is 4.63. The van der Waals surface area contributed by atoms with Crippen molar-refractivity contribution in [2.75, 3.05) is 19.7 Å². The van der Waals surface area contributed by atoms with Gasteiger partial charge in [-0.25, -0.2) is 4.39 Å². The second kappa shape index (κ2) is 12.1. The average Bonchev–Trinajstić information content (AvgIpc) is 2.80. The zero-order valence-corrected chi connectivity index (χ0v) is 18.7. The van der Waals surface area contributed by atoms with Crippen molar-refractivity contribution in [1.82, 2.24) is 5.32 Å². The fraction of sp³-hybridized carbons (Fsp3) is 0.478. The highest BCUT2D eigenvalue weighted by Gasteiger charge is 2.37. The van der Waals surface area contributed by atoms with Gasteiger partial charge in [-0.2, -0.15) is 4.89 Å². The normalized spacial score (nSPS) is 20.9. The van der Waals surface area contributed by atoms with Crippen LogP contribution in [0.2, 0.25) is 0 Å². The molecule has 2 aromatic carbocycles. The molecule has 9 heteroatoms. The van der Waals surface area contributed by atoms with Gasteiger partial charge in [0.05, 0.1) is 0 Å². The topological polar surface area (TPSA) is 108 Å². The van der Waals surface area contributed by atoms with E-state index < -0.39 is 25.7 Å². The number of rotatable bonds is 11. The Kier molecular flexibility index (Phi) is 9.23. The second-order valence-electron chi connectivity index (χ2n) is 8.08. The third-order valence-electron chi connectivity index (χ3n) is 5.70. The molecule has 0 bridgehead atoms. The van der Waals surface area contributed by atoms with Gasteiger partial charge in [0, 0.05) is 19.2 Å². The SMILES string of the molecule is O=[P+](O)C1CCC(C(CNCC(O)COc2ccc(O)c(F)c2)Oc2ccccc2)CC1. The van der Waals surface area contributed by atoms with E-state index in [4.69, 9.17) is 9.47 Å². The Morgan fingerprint density at radius 2 is 1.78 bits per heavy atom. The first-order valence-electron chi connectivity index (χ1n) is 10.8. The quantitative estimate of drug-likeness (QED) is 0.375. The van der Waals surface area contributed by atoms with Crippen LogP contribution in [0.4, 0.5) is 4.39 Å². The molecule has 1 aliphatic rings. The molecule has 1 fully saturated rings. The van der Waals surface area contributed by atoms with Crippen molar-refractivity contribution in [3.8, 4) is 17.2 Å². The molecule has 32 heavy (non-hydrogen) atoms. The molecule has 0 aromatic heterocycles. The highest BCUT2D eigenvalue weighted by Crippen LogP contribution is 2.39. The molecule has 3 rings (SSSR count). The summed E-state index contributed by atoms with van der Waals surface area (Å²) in [5.74, 6) is -0.0147. The lowest BCUT2D eigenvalue weighted by atomic mass is 9.84. The number of phenols is 1. The van der Waals surface area contributed by atoms with Crippen molar-refractivity contribution < 1.29 is 33.5 Å². The number of aliphatic hydroxyl groups excluding tert-OH is 1. The van der Waals surface area contributed by atoms with E-state index in [1.165, 1.54) is 12.1 Å². The van der Waals surface area contributed by atoms with E-state index in [1.54, 1.807) is 0 Å². The average molecular weight is 466 g/mol. The van der Waals surface area contributed by atoms with E-state index in [0.29, 0.717) is 19.4 Å². The van der Waals surface area contributed by atoms with Gasteiger partial charge < -0.3 is 25.0 Å². The van der Waals surface area contributed by atoms with Crippen molar-refractivity contribution in [1.29, 1.82) is 0 Å². The highest BCUT2D eigenvalue weighted by atomic mass is 31.1. The zero-order chi connectivity index (χ0) is 22.9. The molecule has 0 heterocycles. The van der Waals surface area contributed by atoms with Crippen LogP contribution < -0.4 is 14.8 Å². The summed E-state index contributed by atoms with van der Waals surface area (Å²) in [5, 5.41) is 22.6. The standard InChI is InChI=1S/C23H29FNO6P/c24-21-12-19(8-11-22(21)27)30-15-17(26)13-25-14-23(31-18-4-2-1-3-5-18)16-6-9-20(10-7-16)32(28)29/h1-5,8,11-12,16-17,20,23,25-26H,6-7,9-10,13-15H2,(H-,27,28,29)/p+1. The molecule has 0 aliphatic heterocycles. The van der Waals surface area contributed by atoms with Crippen LogP contribution in [0.15, 0.2) is 48.5 Å². The van der Waals surface area contributed by atoms with E-state index in [9.17, 15) is 24.1 Å². The van der Waals surface area contributed by atoms with Gasteiger partial charge in [-0.05, 0) is 60.4 Å². The molecule has 0 radical (unpaired) electrons. The smallest absolute Gasteiger partial charge is 0.505 e. The first kappa shape index (κ1) is 24.4. The number of halogens is 1. The molecule has 3 unspecified atom stereocenters. The largest absolute Gasteiger partial charge is 0.508 e. The Balaban J connectivity index is 1.49. The maximum Gasteiger partial charge on any atom is 0.508 e. The van der Waals surface area contributed by atoms with Crippen molar-refractivity contribution in [3.05, 3.63) is 54.3 Å². The monoisotopic (exact) mass is 466 g/mol. The summed E-state index contributed by atoms with van der Waals surface area (Å²) in [6.45, 7) is 0.726. The van der Waals surface area contributed by atoms with Crippen molar-refractivity contribution in [3.63, 3.8) is 0 Å². The number of aromatic hydroxyl groups is 1. The predicted octanol–water partition coefficient (Wildman–Crippen LogP) is 3.60. The number of benzene rings is 2. The molecular weight excluding hydrogens is 436 g/mol. The summed E-state index contributed by atoms with van der Waals surface area (Å²) >= 11 is 0. The number of hydrogen-bond acceptors (Lipinski definition) is 6. The van der Waals surface area contributed by atoms with Gasteiger partial charge in [0.2, 0.25) is 0 Å². The zero-order valence-electron chi connectivity index (χ0n) is 17.8. The molecule has 2 aromatic rings. The summed E-state index contributed by atoms with van der Waals surface area (Å²) in [6, 6.07) is 13.2. The molecule has 4 N–H and O–H groups in total. The van der Waals surface area contributed by atoms with Crippen LogP contribution in [0.3, 0.4) is 0 Å². The van der Waals surface area contributed by atoms with Crippen molar-refractivity contribution in [2.45, 2.75) is 43.6 Å². The van der Waals surface area contributed by atoms with E-state index in [-0.39, 0.29) is 36.6 Å². The summed E-state index contributed by atoms with van der Waals surface area (Å²) in [7, 11) is -2.14. The Bertz CT molecular complexity index is 863. The molecule has 0 amide bonds. The van der Waals surface area contributed by atoms with Gasteiger partial charge in [-0.15, -0.1) is 0 Å². The van der Waals surface area contributed by atoms with Crippen LogP contribution in [0, 0.1) is 11.7 Å². The lowest BCUT2D eigenvalue weighted by molar-refractivity contribution is 0.0852. The molecule has 1 saturated carbocycles. The number of phenolic OH excluding ortho intramolecular Hbond substituents is 1. The van der Waals surface area contributed by atoms with E-state index in [2.05, 4.69) is 5.32 Å². The number of hydrogen-bond donors (Lipinski definition) is 4. The lowest BCUT2D eigenvalue weighted by Crippen LogP contribution is -2.42. The number of aliphatic hydroxyl groups is 1. The van der Waals surface area contributed by atoms with Crippen LogP contribution >= 0.6 is 8.03 Å². The number of ether oxygens (including phenoxy) is 2. The summed E-state index contributed by atoms with van der Waals surface area (Å²) < 4.78 is 36.4. The minimum absolute atomic E-state index is 0.0317. The van der Waals surface area contributed by atoms with Gasteiger partial charge in [0.1, 0.15) is 30.3 Å². The summed E-state index contributed by atoms with van der Waals surface area (Å²) in [6.07, 6.45) is 2.05. The molecule has 0 spiro atoms. The van der Waals surface area contributed by atoms with Gasteiger partial charge >= 0.3 is 8.03 Å². The minimum atomic E-state index is -2.14. The van der Waals surface area contributed by atoms with Gasteiger partial charge in [0.15, 0.2) is 17.2 Å². The highest BCUT2D eigenvalue weighted by molar-refractivity contribution is 7.38. The Morgan fingerprint density at radius 1 is 1.06 bits per heavy atom. The molecule has 1 aliphatic carbocycles. The van der Waals surface area contributed by atoms with Crippen LogP contribution in [0.1, 0.15) is 25.7 Å². The summed E-state index contributed by atoms with van der Waals surface area (Å²) in [4.78, 5) is 9.39. The molecule has 7 nitrogen and oxygen atoms in total. The van der Waals surface area contributed by atoms with Crippen LogP contribution in [-0.2, 0) is 4.57 Å². The van der Waals surface area contributed by atoms with Gasteiger partial charge in [-0.1, -0.05) is 18.2 Å². The summed E-state index contributed by atoms with van der Waals surface area (Å²) in [5.41, 5.74) is -0.143.